The molecular formula is C9H14N4O. The Morgan fingerprint density at radius 3 is 2.57 bits per heavy atom. The minimum absolute atomic E-state index is 0.165. The van der Waals surface area contributed by atoms with Gasteiger partial charge in [0.15, 0.2) is 0 Å². The van der Waals surface area contributed by atoms with Gasteiger partial charge in [-0.2, -0.15) is 9.97 Å². The molecule has 5 nitrogen and oxygen atoms in total. The van der Waals surface area contributed by atoms with Crippen LogP contribution in [0.15, 0.2) is 6.07 Å². The molecule has 0 aromatic carbocycles. The molecule has 76 valence electrons. The third-order valence-electron chi connectivity index (χ3n) is 2.33. The second-order valence-corrected chi connectivity index (χ2v) is 3.51. The maximum absolute atomic E-state index is 5.63. The Hall–Kier alpha value is -1.52. The van der Waals surface area contributed by atoms with Crippen LogP contribution in [0.5, 0.6) is 5.88 Å². The van der Waals surface area contributed by atoms with Crippen molar-refractivity contribution < 1.29 is 4.74 Å². The van der Waals surface area contributed by atoms with Gasteiger partial charge in [-0.15, -0.1) is 0 Å². The predicted molar refractivity (Wildman–Crippen MR) is 53.7 cm³/mol. The zero-order valence-electron chi connectivity index (χ0n) is 7.94. The average Bonchev–Trinajstić information content (AvgIpc) is 2.54. The summed E-state index contributed by atoms with van der Waals surface area (Å²) in [6.07, 6.45) is 4.89. The van der Waals surface area contributed by atoms with Crippen molar-refractivity contribution >= 4 is 11.8 Å². The molecule has 0 atom stereocenters. The van der Waals surface area contributed by atoms with E-state index in [2.05, 4.69) is 9.97 Å². The Kier molecular flexibility index (Phi) is 2.39. The Labute approximate surface area is 82.5 Å². The first kappa shape index (κ1) is 9.05. The lowest BCUT2D eigenvalue weighted by Crippen LogP contribution is -2.13. The van der Waals surface area contributed by atoms with E-state index in [4.69, 9.17) is 16.2 Å². The van der Waals surface area contributed by atoms with E-state index in [1.807, 2.05) is 0 Å². The second kappa shape index (κ2) is 3.69. The van der Waals surface area contributed by atoms with E-state index < -0.39 is 0 Å². The van der Waals surface area contributed by atoms with E-state index in [9.17, 15) is 0 Å². The lowest BCUT2D eigenvalue weighted by atomic mass is 10.3. The molecule has 1 heterocycles. The maximum Gasteiger partial charge on any atom is 0.225 e. The van der Waals surface area contributed by atoms with Gasteiger partial charge in [-0.05, 0) is 25.7 Å². The Morgan fingerprint density at radius 1 is 1.21 bits per heavy atom. The van der Waals surface area contributed by atoms with E-state index >= 15 is 0 Å². The third-order valence-corrected chi connectivity index (χ3v) is 2.33. The van der Waals surface area contributed by atoms with Gasteiger partial charge in [0.25, 0.3) is 0 Å². The lowest BCUT2D eigenvalue weighted by Gasteiger charge is -2.12. The van der Waals surface area contributed by atoms with Crippen LogP contribution < -0.4 is 16.2 Å². The summed E-state index contributed by atoms with van der Waals surface area (Å²) in [5.41, 5.74) is 11.0. The van der Waals surface area contributed by atoms with Crippen molar-refractivity contribution in [3.8, 4) is 5.88 Å². The van der Waals surface area contributed by atoms with Gasteiger partial charge in [0.1, 0.15) is 11.9 Å². The normalized spacial score (nSPS) is 17.1. The summed E-state index contributed by atoms with van der Waals surface area (Å²) in [6.45, 7) is 0. The van der Waals surface area contributed by atoms with E-state index in [1.165, 1.54) is 12.8 Å². The molecular weight excluding hydrogens is 180 g/mol. The van der Waals surface area contributed by atoms with Crippen LogP contribution in [0.4, 0.5) is 11.8 Å². The van der Waals surface area contributed by atoms with E-state index in [1.54, 1.807) is 6.07 Å². The van der Waals surface area contributed by atoms with Crippen molar-refractivity contribution in [1.82, 2.24) is 9.97 Å². The van der Waals surface area contributed by atoms with Crippen molar-refractivity contribution in [2.45, 2.75) is 31.8 Å². The molecule has 1 aliphatic carbocycles. The number of aromatic nitrogens is 2. The molecule has 0 radical (unpaired) electrons. The number of ether oxygens (including phenoxy) is 1. The van der Waals surface area contributed by atoms with Crippen molar-refractivity contribution in [1.29, 1.82) is 0 Å². The smallest absolute Gasteiger partial charge is 0.225 e. The lowest BCUT2D eigenvalue weighted by molar-refractivity contribution is 0.201. The van der Waals surface area contributed by atoms with Gasteiger partial charge in [0.2, 0.25) is 11.8 Å². The summed E-state index contributed by atoms with van der Waals surface area (Å²) in [6, 6.07) is 1.61. The fourth-order valence-corrected chi connectivity index (χ4v) is 1.70. The molecule has 14 heavy (non-hydrogen) atoms. The Morgan fingerprint density at radius 2 is 1.93 bits per heavy atom. The SMILES string of the molecule is Nc1cc(OC2CCCC2)nc(N)n1. The molecule has 5 heteroatoms. The van der Waals surface area contributed by atoms with Crippen LogP contribution in [0.3, 0.4) is 0 Å². The molecule has 1 aromatic heterocycles. The minimum Gasteiger partial charge on any atom is -0.474 e. The quantitative estimate of drug-likeness (QED) is 0.732. The summed E-state index contributed by atoms with van der Waals surface area (Å²) < 4.78 is 5.63. The molecule has 0 unspecified atom stereocenters. The van der Waals surface area contributed by atoms with E-state index in [0.29, 0.717) is 11.7 Å². The van der Waals surface area contributed by atoms with Crippen molar-refractivity contribution in [3.05, 3.63) is 6.07 Å². The highest BCUT2D eigenvalue weighted by Crippen LogP contribution is 2.23. The molecule has 2 rings (SSSR count). The molecule has 0 aliphatic heterocycles. The summed E-state index contributed by atoms with van der Waals surface area (Å²) in [5.74, 6) is 1.00. The molecule has 0 spiro atoms. The van der Waals surface area contributed by atoms with Gasteiger partial charge in [-0.25, -0.2) is 0 Å². The molecule has 0 saturated heterocycles. The largest absolute Gasteiger partial charge is 0.474 e. The zero-order valence-corrected chi connectivity index (χ0v) is 7.94. The van der Waals surface area contributed by atoms with Crippen LogP contribution in [0.25, 0.3) is 0 Å². The first-order valence-corrected chi connectivity index (χ1v) is 4.81. The van der Waals surface area contributed by atoms with E-state index in [-0.39, 0.29) is 12.1 Å². The number of anilines is 2. The monoisotopic (exact) mass is 194 g/mol. The number of hydrogen-bond donors (Lipinski definition) is 2. The van der Waals surface area contributed by atoms with Crippen molar-refractivity contribution in [3.63, 3.8) is 0 Å². The molecule has 0 bridgehead atoms. The molecule has 1 fully saturated rings. The van der Waals surface area contributed by atoms with Gasteiger partial charge in [0, 0.05) is 6.07 Å². The maximum atomic E-state index is 5.63. The molecule has 0 amide bonds. The van der Waals surface area contributed by atoms with Crippen LogP contribution in [-0.4, -0.2) is 16.1 Å². The first-order chi connectivity index (χ1) is 6.74. The Bertz CT molecular complexity index is 302. The van der Waals surface area contributed by atoms with Gasteiger partial charge in [-0.1, -0.05) is 0 Å². The van der Waals surface area contributed by atoms with Crippen LogP contribution >= 0.6 is 0 Å². The summed E-state index contributed by atoms with van der Waals surface area (Å²) in [5, 5.41) is 0. The highest BCUT2D eigenvalue weighted by Gasteiger charge is 2.17. The standard InChI is InChI=1S/C9H14N4O/c10-7-5-8(13-9(11)12-7)14-6-3-1-2-4-6/h5-6H,1-4H2,(H4,10,11,12,13). The van der Waals surface area contributed by atoms with E-state index in [0.717, 1.165) is 12.8 Å². The highest BCUT2D eigenvalue weighted by atomic mass is 16.5. The van der Waals surface area contributed by atoms with Crippen molar-refractivity contribution in [2.24, 2.45) is 0 Å². The number of hydrogen-bond acceptors (Lipinski definition) is 5. The summed E-state index contributed by atoms with van der Waals surface area (Å²) in [4.78, 5) is 7.74. The topological polar surface area (TPSA) is 87.0 Å². The fourth-order valence-electron chi connectivity index (χ4n) is 1.70. The number of rotatable bonds is 2. The summed E-state index contributed by atoms with van der Waals surface area (Å²) >= 11 is 0. The molecule has 4 N–H and O–H groups in total. The van der Waals surface area contributed by atoms with Gasteiger partial charge < -0.3 is 16.2 Å². The van der Waals surface area contributed by atoms with Crippen LogP contribution in [0.2, 0.25) is 0 Å². The van der Waals surface area contributed by atoms with Crippen LogP contribution in [-0.2, 0) is 0 Å². The van der Waals surface area contributed by atoms with Gasteiger partial charge >= 0.3 is 0 Å². The number of nitrogens with two attached hydrogens (primary N) is 2. The minimum atomic E-state index is 0.165. The van der Waals surface area contributed by atoms with Crippen molar-refractivity contribution in [2.75, 3.05) is 11.5 Å². The Balaban J connectivity index is 2.07. The predicted octanol–water partition coefficient (Wildman–Crippen LogP) is 0.962. The first-order valence-electron chi connectivity index (χ1n) is 4.81. The number of nitrogens with zero attached hydrogens (tertiary/aromatic N) is 2. The van der Waals surface area contributed by atoms with Gasteiger partial charge in [-0.3, -0.25) is 0 Å². The van der Waals surface area contributed by atoms with Crippen LogP contribution in [0.1, 0.15) is 25.7 Å². The van der Waals surface area contributed by atoms with Gasteiger partial charge in [0.05, 0.1) is 0 Å². The number of nitrogen functional groups attached to an aromatic ring is 2. The molecule has 1 aromatic rings. The fraction of sp³-hybridized carbons (Fsp3) is 0.556. The van der Waals surface area contributed by atoms with Crippen LogP contribution in [0, 0.1) is 0 Å². The zero-order chi connectivity index (χ0) is 9.97. The molecule has 1 aliphatic rings. The third kappa shape index (κ3) is 2.04. The second-order valence-electron chi connectivity index (χ2n) is 3.51. The highest BCUT2D eigenvalue weighted by molar-refractivity contribution is 5.38. The average molecular weight is 194 g/mol. The summed E-state index contributed by atoms with van der Waals surface area (Å²) in [7, 11) is 0. The molecule has 1 saturated carbocycles.